The molecule has 0 radical (unpaired) electrons. The summed E-state index contributed by atoms with van der Waals surface area (Å²) in [7, 11) is 0. The summed E-state index contributed by atoms with van der Waals surface area (Å²) in [6.45, 7) is 3.59. The second-order valence-corrected chi connectivity index (χ2v) is 8.01. The van der Waals surface area contributed by atoms with Crippen LogP contribution in [0.3, 0.4) is 0 Å². The fourth-order valence-corrected chi connectivity index (χ4v) is 3.42. The smallest absolute Gasteiger partial charge is 0.419 e. The molecule has 1 aromatic heterocycles. The number of halogens is 6. The second-order valence-electron chi connectivity index (χ2n) is 8.01. The highest BCUT2D eigenvalue weighted by Gasteiger charge is 2.35. The molecule has 0 saturated carbocycles. The molecule has 0 saturated heterocycles. The van der Waals surface area contributed by atoms with Gasteiger partial charge >= 0.3 is 12.4 Å². The first-order chi connectivity index (χ1) is 16.5. The van der Waals surface area contributed by atoms with Gasteiger partial charge in [-0.3, -0.25) is 0 Å². The van der Waals surface area contributed by atoms with Crippen molar-refractivity contribution in [1.82, 2.24) is 10.1 Å². The number of ether oxygens (including phenoxy) is 1. The third kappa shape index (κ3) is 6.86. The first-order valence-electron chi connectivity index (χ1n) is 11.0. The van der Waals surface area contributed by atoms with Gasteiger partial charge in [-0.15, -0.1) is 0 Å². The first-order valence-corrected chi connectivity index (χ1v) is 11.0. The summed E-state index contributed by atoms with van der Waals surface area (Å²) in [5.41, 5.74) is -1.90. The Balaban J connectivity index is 1.77. The van der Waals surface area contributed by atoms with Crippen molar-refractivity contribution in [1.29, 1.82) is 0 Å². The van der Waals surface area contributed by atoms with Gasteiger partial charge in [-0.05, 0) is 42.3 Å². The predicted molar refractivity (Wildman–Crippen MR) is 119 cm³/mol. The molecule has 3 rings (SSSR count). The molecule has 0 aliphatic carbocycles. The lowest BCUT2D eigenvalue weighted by Gasteiger charge is -2.14. The Labute approximate surface area is 198 Å². The Hall–Kier alpha value is -3.30. The summed E-state index contributed by atoms with van der Waals surface area (Å²) >= 11 is 0. The van der Waals surface area contributed by atoms with E-state index in [1.54, 1.807) is 0 Å². The quantitative estimate of drug-likeness (QED) is 0.279. The number of hydrogen-bond donors (Lipinski definition) is 0. The molecule has 0 N–H and O–H groups in total. The topological polar surface area (TPSA) is 48.2 Å². The van der Waals surface area contributed by atoms with Crippen molar-refractivity contribution in [2.75, 3.05) is 6.61 Å². The highest BCUT2D eigenvalue weighted by Crippen LogP contribution is 2.39. The number of alkyl halides is 6. The molecule has 10 heteroatoms. The standard InChI is InChI=1S/C25H24F6N2O2/c1-3-4-8-16(2)23-32-22(33-35-23)18-12-13-21(20(15-18)25(29,30)31)34-14-7-10-17-9-5-6-11-19(17)24(26,27)28/h5-7,9-13,15-16H,3-4,8,14H2,1-2H3/b10-7+/t16-/m0/s1. The van der Waals surface area contributed by atoms with E-state index in [0.29, 0.717) is 5.89 Å². The van der Waals surface area contributed by atoms with Crippen LogP contribution in [0.25, 0.3) is 17.5 Å². The summed E-state index contributed by atoms with van der Waals surface area (Å²) in [6, 6.07) is 8.25. The Bertz CT molecular complexity index is 1150. The SMILES string of the molecule is CCCC[C@H](C)c1nc(-c2ccc(OC/C=C/c3ccccc3C(F)(F)F)c(C(F)(F)F)c2)no1. The molecule has 0 spiro atoms. The van der Waals surface area contributed by atoms with E-state index in [9.17, 15) is 26.3 Å². The summed E-state index contributed by atoms with van der Waals surface area (Å²) in [5, 5.41) is 3.81. The third-order valence-electron chi connectivity index (χ3n) is 5.30. The van der Waals surface area contributed by atoms with Crippen molar-refractivity contribution in [3.05, 3.63) is 71.1 Å². The van der Waals surface area contributed by atoms with Gasteiger partial charge in [-0.25, -0.2) is 0 Å². The molecule has 0 bridgehead atoms. The molecule has 2 aromatic carbocycles. The lowest BCUT2D eigenvalue weighted by molar-refractivity contribution is -0.139. The summed E-state index contributed by atoms with van der Waals surface area (Å²) in [4.78, 5) is 4.23. The van der Waals surface area contributed by atoms with Gasteiger partial charge in [-0.2, -0.15) is 31.3 Å². The van der Waals surface area contributed by atoms with Gasteiger partial charge < -0.3 is 9.26 Å². The second kappa shape index (κ2) is 11.0. The van der Waals surface area contributed by atoms with E-state index in [-0.39, 0.29) is 29.5 Å². The van der Waals surface area contributed by atoms with Crippen LogP contribution in [-0.2, 0) is 12.4 Å². The van der Waals surface area contributed by atoms with Crippen molar-refractivity contribution < 1.29 is 35.6 Å². The zero-order valence-electron chi connectivity index (χ0n) is 19.1. The Morgan fingerprint density at radius 3 is 2.40 bits per heavy atom. The molecule has 0 unspecified atom stereocenters. The van der Waals surface area contributed by atoms with Crippen LogP contribution in [0.5, 0.6) is 5.75 Å². The summed E-state index contributed by atoms with van der Waals surface area (Å²) in [5.74, 6) is -0.0964. The Kier molecular flexibility index (Phi) is 8.24. The molecular formula is C25H24F6N2O2. The molecule has 0 amide bonds. The van der Waals surface area contributed by atoms with Crippen molar-refractivity contribution >= 4 is 6.08 Å². The average molecular weight is 498 g/mol. The van der Waals surface area contributed by atoms with Gasteiger partial charge in [0.2, 0.25) is 11.7 Å². The largest absolute Gasteiger partial charge is 0.489 e. The summed E-state index contributed by atoms with van der Waals surface area (Å²) < 4.78 is 90.8. The maximum atomic E-state index is 13.7. The van der Waals surface area contributed by atoms with Crippen molar-refractivity contribution in [3.63, 3.8) is 0 Å². The van der Waals surface area contributed by atoms with Gasteiger partial charge in [0.1, 0.15) is 12.4 Å². The Morgan fingerprint density at radius 2 is 1.71 bits per heavy atom. The maximum absolute atomic E-state index is 13.7. The fraction of sp³-hybridized carbons (Fsp3) is 0.360. The number of rotatable bonds is 9. The Morgan fingerprint density at radius 1 is 1.00 bits per heavy atom. The van der Waals surface area contributed by atoms with Crippen LogP contribution in [0.1, 0.15) is 61.6 Å². The van der Waals surface area contributed by atoms with Crippen LogP contribution in [0, 0.1) is 0 Å². The molecule has 188 valence electrons. The molecule has 3 aromatic rings. The van der Waals surface area contributed by atoms with Gasteiger partial charge in [0.15, 0.2) is 0 Å². The minimum atomic E-state index is -4.74. The molecule has 35 heavy (non-hydrogen) atoms. The average Bonchev–Trinajstić information content (AvgIpc) is 3.30. The van der Waals surface area contributed by atoms with Crippen LogP contribution in [0.2, 0.25) is 0 Å². The number of aromatic nitrogens is 2. The van der Waals surface area contributed by atoms with E-state index < -0.39 is 29.2 Å². The monoisotopic (exact) mass is 498 g/mol. The minimum absolute atomic E-state index is 0.0184. The molecule has 1 heterocycles. The number of benzene rings is 2. The van der Waals surface area contributed by atoms with Gasteiger partial charge in [0, 0.05) is 11.5 Å². The van der Waals surface area contributed by atoms with E-state index in [1.165, 1.54) is 30.3 Å². The normalized spacial score (nSPS) is 13.4. The number of unbranched alkanes of at least 4 members (excludes halogenated alkanes) is 1. The van der Waals surface area contributed by atoms with Gasteiger partial charge in [0.05, 0.1) is 11.1 Å². The number of nitrogens with zero attached hydrogens (tertiary/aromatic N) is 2. The highest BCUT2D eigenvalue weighted by atomic mass is 19.4. The van der Waals surface area contributed by atoms with E-state index in [0.717, 1.165) is 43.5 Å². The zero-order chi connectivity index (χ0) is 25.6. The van der Waals surface area contributed by atoms with Crippen LogP contribution in [0.4, 0.5) is 26.3 Å². The molecule has 0 aliphatic rings. The van der Waals surface area contributed by atoms with Gasteiger partial charge in [0.25, 0.3) is 0 Å². The van der Waals surface area contributed by atoms with Crippen molar-refractivity contribution in [2.45, 2.75) is 51.4 Å². The van der Waals surface area contributed by atoms with Gasteiger partial charge in [-0.1, -0.05) is 56.1 Å². The van der Waals surface area contributed by atoms with Crippen LogP contribution >= 0.6 is 0 Å². The van der Waals surface area contributed by atoms with Crippen LogP contribution in [0.15, 0.2) is 53.1 Å². The van der Waals surface area contributed by atoms with Crippen molar-refractivity contribution in [2.24, 2.45) is 0 Å². The predicted octanol–water partition coefficient (Wildman–Crippen LogP) is 8.16. The van der Waals surface area contributed by atoms with E-state index in [2.05, 4.69) is 10.1 Å². The molecule has 4 nitrogen and oxygen atoms in total. The maximum Gasteiger partial charge on any atom is 0.419 e. The fourth-order valence-electron chi connectivity index (χ4n) is 3.42. The lowest BCUT2D eigenvalue weighted by atomic mass is 10.0. The highest BCUT2D eigenvalue weighted by molar-refractivity contribution is 5.59. The van der Waals surface area contributed by atoms with E-state index in [4.69, 9.17) is 9.26 Å². The zero-order valence-corrected chi connectivity index (χ0v) is 19.1. The van der Waals surface area contributed by atoms with E-state index in [1.807, 2.05) is 13.8 Å². The van der Waals surface area contributed by atoms with Crippen molar-refractivity contribution in [3.8, 4) is 17.1 Å². The lowest BCUT2D eigenvalue weighted by Crippen LogP contribution is -2.09. The first kappa shape index (κ1) is 26.3. The minimum Gasteiger partial charge on any atom is -0.489 e. The number of hydrogen-bond acceptors (Lipinski definition) is 4. The third-order valence-corrected chi connectivity index (χ3v) is 5.30. The van der Waals surface area contributed by atoms with Crippen LogP contribution in [-0.4, -0.2) is 16.7 Å². The van der Waals surface area contributed by atoms with E-state index >= 15 is 0 Å². The molecule has 1 atom stereocenters. The van der Waals surface area contributed by atoms with Crippen LogP contribution < -0.4 is 4.74 Å². The molecular weight excluding hydrogens is 474 g/mol. The molecule has 0 aliphatic heterocycles. The summed E-state index contributed by atoms with van der Waals surface area (Å²) in [6.07, 6.45) is -4.14. The molecule has 0 fully saturated rings.